The van der Waals surface area contributed by atoms with Gasteiger partial charge in [-0.3, -0.25) is 4.57 Å². The van der Waals surface area contributed by atoms with Gasteiger partial charge in [-0.05, 0) is 61.0 Å². The summed E-state index contributed by atoms with van der Waals surface area (Å²) in [6.45, 7) is 2.43. The average molecular weight is 463 g/mol. The summed E-state index contributed by atoms with van der Waals surface area (Å²) in [4.78, 5) is 0. The predicted octanol–water partition coefficient (Wildman–Crippen LogP) is 4.69. The topological polar surface area (TPSA) is 81.4 Å². The van der Waals surface area contributed by atoms with E-state index in [0.29, 0.717) is 17.5 Å². The Balaban J connectivity index is 1.36. The van der Waals surface area contributed by atoms with Gasteiger partial charge in [0.2, 0.25) is 0 Å². The lowest BCUT2D eigenvalue weighted by molar-refractivity contribution is 0.229. The SMILES string of the molecule is COc1ccc(NC(O)CSc2nnc(C)n2-c2ccc(OCc3ccccc3)cc2)cc1. The highest BCUT2D eigenvalue weighted by molar-refractivity contribution is 7.99. The van der Waals surface area contributed by atoms with Gasteiger partial charge in [0, 0.05) is 17.1 Å². The number of aromatic nitrogens is 3. The second kappa shape index (κ2) is 10.9. The van der Waals surface area contributed by atoms with Crippen molar-refractivity contribution >= 4 is 17.4 Å². The standard InChI is InChI=1S/C25H26N4O3S/c1-18-27-28-25(33-17-24(30)26-20-8-12-22(31-2)13-9-20)29(18)21-10-14-23(15-11-21)32-16-19-6-4-3-5-7-19/h3-15,24,26,30H,16-17H2,1-2H3. The summed E-state index contributed by atoms with van der Waals surface area (Å²) < 4.78 is 13.0. The molecule has 0 saturated heterocycles. The van der Waals surface area contributed by atoms with Gasteiger partial charge in [0.25, 0.3) is 0 Å². The van der Waals surface area contributed by atoms with Crippen LogP contribution in [-0.4, -0.2) is 39.0 Å². The molecule has 0 spiro atoms. The molecule has 0 aliphatic heterocycles. The van der Waals surface area contributed by atoms with Crippen molar-refractivity contribution in [2.45, 2.75) is 24.9 Å². The fraction of sp³-hybridized carbons (Fsp3) is 0.200. The van der Waals surface area contributed by atoms with Crippen LogP contribution in [0.15, 0.2) is 84.0 Å². The largest absolute Gasteiger partial charge is 0.497 e. The highest BCUT2D eigenvalue weighted by Crippen LogP contribution is 2.25. The maximum absolute atomic E-state index is 10.4. The molecular formula is C25H26N4O3S. The molecular weight excluding hydrogens is 436 g/mol. The van der Waals surface area contributed by atoms with E-state index >= 15 is 0 Å². The molecule has 4 aromatic rings. The first-order valence-corrected chi connectivity index (χ1v) is 11.5. The van der Waals surface area contributed by atoms with Gasteiger partial charge in [0.05, 0.1) is 7.11 Å². The van der Waals surface area contributed by atoms with E-state index in [1.165, 1.54) is 11.8 Å². The van der Waals surface area contributed by atoms with Crippen molar-refractivity contribution in [3.05, 3.63) is 90.3 Å². The van der Waals surface area contributed by atoms with E-state index in [-0.39, 0.29) is 0 Å². The van der Waals surface area contributed by atoms with Crippen LogP contribution in [0.25, 0.3) is 5.69 Å². The van der Waals surface area contributed by atoms with Crippen LogP contribution in [0.2, 0.25) is 0 Å². The smallest absolute Gasteiger partial charge is 0.195 e. The Morgan fingerprint density at radius 2 is 1.64 bits per heavy atom. The Labute approximate surface area is 197 Å². The molecule has 0 bridgehead atoms. The molecule has 0 saturated carbocycles. The van der Waals surface area contributed by atoms with Crippen molar-refractivity contribution in [3.8, 4) is 17.2 Å². The molecule has 0 aliphatic carbocycles. The number of aryl methyl sites for hydroxylation is 1. The van der Waals surface area contributed by atoms with Crippen LogP contribution in [0, 0.1) is 6.92 Å². The number of hydrogen-bond donors (Lipinski definition) is 2. The van der Waals surface area contributed by atoms with Crippen molar-refractivity contribution in [2.24, 2.45) is 0 Å². The molecule has 33 heavy (non-hydrogen) atoms. The second-order valence-corrected chi connectivity index (χ2v) is 8.32. The molecule has 1 unspecified atom stereocenters. The minimum Gasteiger partial charge on any atom is -0.497 e. The number of aliphatic hydroxyl groups excluding tert-OH is 1. The number of nitrogens with zero attached hydrogens (tertiary/aromatic N) is 3. The third-order valence-electron chi connectivity index (χ3n) is 4.93. The Morgan fingerprint density at radius 3 is 2.33 bits per heavy atom. The molecule has 1 atom stereocenters. The minimum absolute atomic E-state index is 0.405. The Kier molecular flexibility index (Phi) is 7.49. The van der Waals surface area contributed by atoms with Gasteiger partial charge in [0.1, 0.15) is 30.2 Å². The fourth-order valence-electron chi connectivity index (χ4n) is 3.24. The second-order valence-electron chi connectivity index (χ2n) is 7.33. The lowest BCUT2D eigenvalue weighted by Gasteiger charge is -2.15. The van der Waals surface area contributed by atoms with Crippen molar-refractivity contribution < 1.29 is 14.6 Å². The maximum Gasteiger partial charge on any atom is 0.195 e. The number of methoxy groups -OCH3 is 1. The molecule has 8 heteroatoms. The third kappa shape index (κ3) is 6.06. The van der Waals surface area contributed by atoms with E-state index in [2.05, 4.69) is 15.5 Å². The number of thioether (sulfide) groups is 1. The highest BCUT2D eigenvalue weighted by Gasteiger charge is 2.14. The molecule has 7 nitrogen and oxygen atoms in total. The van der Waals surface area contributed by atoms with E-state index in [0.717, 1.165) is 34.3 Å². The summed E-state index contributed by atoms with van der Waals surface area (Å²) >= 11 is 1.43. The first-order valence-electron chi connectivity index (χ1n) is 10.5. The number of rotatable bonds is 10. The van der Waals surface area contributed by atoms with E-state index in [4.69, 9.17) is 9.47 Å². The Morgan fingerprint density at radius 1 is 0.939 bits per heavy atom. The Bertz CT molecular complexity index is 1150. The first-order chi connectivity index (χ1) is 16.1. The number of nitrogens with one attached hydrogen (secondary N) is 1. The quantitative estimate of drug-likeness (QED) is 0.261. The van der Waals surface area contributed by atoms with Crippen LogP contribution in [0.1, 0.15) is 11.4 Å². The summed E-state index contributed by atoms with van der Waals surface area (Å²) in [5.41, 5.74) is 2.87. The monoisotopic (exact) mass is 462 g/mol. The molecule has 0 fully saturated rings. The zero-order valence-electron chi connectivity index (χ0n) is 18.5. The van der Waals surface area contributed by atoms with Gasteiger partial charge in [-0.2, -0.15) is 0 Å². The summed E-state index contributed by atoms with van der Waals surface area (Å²) in [5.74, 6) is 2.74. The highest BCUT2D eigenvalue weighted by atomic mass is 32.2. The lowest BCUT2D eigenvalue weighted by atomic mass is 10.2. The van der Waals surface area contributed by atoms with Gasteiger partial charge in [-0.25, -0.2) is 0 Å². The molecule has 3 aromatic carbocycles. The van der Waals surface area contributed by atoms with Gasteiger partial charge in [0.15, 0.2) is 5.16 Å². The van der Waals surface area contributed by atoms with Gasteiger partial charge < -0.3 is 19.9 Å². The summed E-state index contributed by atoms with van der Waals surface area (Å²) in [6.07, 6.45) is -0.748. The number of benzene rings is 3. The minimum atomic E-state index is -0.748. The van der Waals surface area contributed by atoms with Gasteiger partial charge in [-0.15, -0.1) is 10.2 Å². The van der Waals surface area contributed by atoms with Crippen LogP contribution in [-0.2, 0) is 6.61 Å². The Hall–Kier alpha value is -3.49. The van der Waals surface area contributed by atoms with Crippen molar-refractivity contribution in [2.75, 3.05) is 18.2 Å². The van der Waals surface area contributed by atoms with Gasteiger partial charge in [-0.1, -0.05) is 42.1 Å². The number of aliphatic hydroxyl groups is 1. The normalized spacial score (nSPS) is 11.7. The van der Waals surface area contributed by atoms with Crippen LogP contribution in [0.5, 0.6) is 11.5 Å². The molecule has 0 radical (unpaired) electrons. The molecule has 2 N–H and O–H groups in total. The first kappa shape index (κ1) is 22.7. The van der Waals surface area contributed by atoms with Crippen LogP contribution < -0.4 is 14.8 Å². The molecule has 170 valence electrons. The van der Waals surface area contributed by atoms with Gasteiger partial charge >= 0.3 is 0 Å². The molecule has 1 aromatic heterocycles. The molecule has 4 rings (SSSR count). The molecule has 0 aliphatic rings. The number of anilines is 1. The van der Waals surface area contributed by atoms with E-state index in [1.54, 1.807) is 7.11 Å². The zero-order chi connectivity index (χ0) is 23.0. The number of ether oxygens (including phenoxy) is 2. The van der Waals surface area contributed by atoms with E-state index in [9.17, 15) is 5.11 Å². The van der Waals surface area contributed by atoms with E-state index in [1.807, 2.05) is 90.4 Å². The summed E-state index contributed by atoms with van der Waals surface area (Å²) in [6, 6.07) is 25.3. The molecule has 1 heterocycles. The van der Waals surface area contributed by atoms with Crippen LogP contribution in [0.3, 0.4) is 0 Å². The van der Waals surface area contributed by atoms with Crippen molar-refractivity contribution in [1.29, 1.82) is 0 Å². The van der Waals surface area contributed by atoms with Crippen LogP contribution >= 0.6 is 11.8 Å². The van der Waals surface area contributed by atoms with E-state index < -0.39 is 6.23 Å². The lowest BCUT2D eigenvalue weighted by Crippen LogP contribution is -2.21. The average Bonchev–Trinajstić information content (AvgIpc) is 3.23. The fourth-order valence-corrected chi connectivity index (χ4v) is 4.10. The summed E-state index contributed by atoms with van der Waals surface area (Å²) in [7, 11) is 1.62. The third-order valence-corrected chi connectivity index (χ3v) is 5.94. The number of hydrogen-bond acceptors (Lipinski definition) is 7. The van der Waals surface area contributed by atoms with Crippen molar-refractivity contribution in [1.82, 2.24) is 14.8 Å². The summed E-state index contributed by atoms with van der Waals surface area (Å²) in [5, 5.41) is 22.7. The van der Waals surface area contributed by atoms with Crippen molar-refractivity contribution in [3.63, 3.8) is 0 Å². The van der Waals surface area contributed by atoms with Crippen LogP contribution in [0.4, 0.5) is 5.69 Å². The maximum atomic E-state index is 10.4. The molecule has 0 amide bonds. The zero-order valence-corrected chi connectivity index (χ0v) is 19.3. The predicted molar refractivity (Wildman–Crippen MR) is 130 cm³/mol.